The average molecular weight is 1260 g/mol. The molecule has 7 aromatic rings. The van der Waals surface area contributed by atoms with Crippen molar-refractivity contribution >= 4 is 51.8 Å². The molecule has 0 atom stereocenters. The second-order valence-corrected chi connectivity index (χ2v) is 27.1. The number of rotatable bonds is 51. The number of hydrogen-bond acceptors (Lipinski definition) is 7. The van der Waals surface area contributed by atoms with E-state index in [0.29, 0.717) is 0 Å². The van der Waals surface area contributed by atoms with Crippen LogP contribution in [-0.4, -0.2) is 19.9 Å². The van der Waals surface area contributed by atoms with Crippen LogP contribution in [0.4, 0.5) is 51.8 Å². The Kier molecular flexibility index (Phi) is 35.9. The Labute approximate surface area is 567 Å². The summed E-state index contributed by atoms with van der Waals surface area (Å²) in [5.74, 6) is 4.27. The highest BCUT2D eigenvalue weighted by Gasteiger charge is 2.26. The van der Waals surface area contributed by atoms with Gasteiger partial charge in [0.2, 0.25) is 0 Å². The van der Waals surface area contributed by atoms with E-state index in [1.54, 1.807) is 0 Å². The lowest BCUT2D eigenvalue weighted by molar-refractivity contribution is 0.605. The van der Waals surface area contributed by atoms with E-state index in [-0.39, 0.29) is 0 Å². The highest BCUT2D eigenvalue weighted by molar-refractivity contribution is 5.85. The summed E-state index contributed by atoms with van der Waals surface area (Å²) in [6.45, 7) is 13.8. The largest absolute Gasteiger partial charge is 0.295 e. The first-order valence-electron chi connectivity index (χ1n) is 38.5. The summed E-state index contributed by atoms with van der Waals surface area (Å²) in [4.78, 5) is 30.2. The SMILES string of the molecule is CCCCCCCCc1cccc(N(c2cc(N(c3cccc(CCCCCCCC)c3)c3cccc(CCCCCCCC)n3)nc(N(c3cccc(CCCCCCCC)c3)c3cccc(CCCCCCCC)n3)c2)c2cccc(CCCCCCCC)n2)c1. The topological polar surface area (TPSA) is 61.3 Å². The number of nitrogens with zero attached hydrogens (tertiary/aromatic N) is 7. The van der Waals surface area contributed by atoms with Crippen LogP contribution < -0.4 is 14.7 Å². The Hall–Kier alpha value is -6.34. The molecule has 0 saturated carbocycles. The maximum atomic E-state index is 6.05. The van der Waals surface area contributed by atoms with Crippen molar-refractivity contribution in [2.24, 2.45) is 0 Å². The second kappa shape index (κ2) is 45.1. The lowest BCUT2D eigenvalue weighted by Gasteiger charge is -2.31. The van der Waals surface area contributed by atoms with Gasteiger partial charge in [-0.2, -0.15) is 0 Å². The molecule has 504 valence electrons. The third-order valence-electron chi connectivity index (χ3n) is 18.9. The Morgan fingerprint density at radius 2 is 0.452 bits per heavy atom. The van der Waals surface area contributed by atoms with Crippen molar-refractivity contribution < 1.29 is 0 Å². The van der Waals surface area contributed by atoms with E-state index in [1.165, 1.54) is 229 Å². The molecule has 3 aromatic carbocycles. The van der Waals surface area contributed by atoms with Crippen LogP contribution in [0, 0.1) is 0 Å². The summed E-state index contributed by atoms with van der Waals surface area (Å²) >= 11 is 0. The highest BCUT2D eigenvalue weighted by atomic mass is 15.3. The van der Waals surface area contributed by atoms with Gasteiger partial charge in [-0.25, -0.2) is 19.9 Å². The van der Waals surface area contributed by atoms with Gasteiger partial charge in [0.1, 0.15) is 29.1 Å². The molecule has 7 rings (SSSR count). The third-order valence-corrected chi connectivity index (χ3v) is 18.9. The normalized spacial score (nSPS) is 11.4. The van der Waals surface area contributed by atoms with Gasteiger partial charge in [-0.3, -0.25) is 14.7 Å². The monoisotopic (exact) mass is 1260 g/mol. The van der Waals surface area contributed by atoms with Crippen LogP contribution >= 0.6 is 0 Å². The minimum Gasteiger partial charge on any atom is -0.295 e. The molecule has 0 aliphatic heterocycles. The fourth-order valence-electron chi connectivity index (χ4n) is 13.4. The molecular weight excluding hydrogens is 1130 g/mol. The Bertz CT molecular complexity index is 2580. The van der Waals surface area contributed by atoms with Gasteiger partial charge in [0.15, 0.2) is 0 Å². The highest BCUT2D eigenvalue weighted by Crippen LogP contribution is 2.44. The van der Waals surface area contributed by atoms with E-state index in [0.717, 1.165) is 127 Å². The fraction of sp³-hybridized carbons (Fsp3) is 0.558. The summed E-state index contributed by atoms with van der Waals surface area (Å²) in [5, 5.41) is 0. The maximum absolute atomic E-state index is 6.05. The van der Waals surface area contributed by atoms with Gasteiger partial charge < -0.3 is 0 Å². The Morgan fingerprint density at radius 3 is 0.753 bits per heavy atom. The first kappa shape index (κ1) is 74.1. The minimum absolute atomic E-state index is 0.802. The van der Waals surface area contributed by atoms with Crippen LogP contribution in [0.5, 0.6) is 0 Å². The smallest absolute Gasteiger partial charge is 0.143 e. The number of unbranched alkanes of at least 4 members (excludes halogenated alkanes) is 30. The summed E-state index contributed by atoms with van der Waals surface area (Å²) in [5.41, 5.74) is 11.7. The van der Waals surface area contributed by atoms with Gasteiger partial charge >= 0.3 is 0 Å². The summed E-state index contributed by atoms with van der Waals surface area (Å²) in [6, 6.07) is 52.8. The van der Waals surface area contributed by atoms with Crippen molar-refractivity contribution in [2.45, 2.75) is 311 Å². The molecule has 4 aromatic heterocycles. The van der Waals surface area contributed by atoms with E-state index in [2.05, 4.69) is 196 Å². The number of hydrogen-bond donors (Lipinski definition) is 0. The number of pyridine rings is 4. The summed E-state index contributed by atoms with van der Waals surface area (Å²) in [6.07, 6.45) is 51.2. The van der Waals surface area contributed by atoms with Crippen LogP contribution in [-0.2, 0) is 38.5 Å². The van der Waals surface area contributed by atoms with Crippen molar-refractivity contribution in [1.29, 1.82) is 0 Å². The molecule has 0 fully saturated rings. The van der Waals surface area contributed by atoms with Crippen molar-refractivity contribution in [3.05, 3.63) is 173 Å². The van der Waals surface area contributed by atoms with Crippen molar-refractivity contribution in [3.8, 4) is 0 Å². The predicted octanol–water partition coefficient (Wildman–Crippen LogP) is 27.1. The van der Waals surface area contributed by atoms with Crippen LogP contribution in [0.1, 0.15) is 306 Å². The Morgan fingerprint density at radius 1 is 0.204 bits per heavy atom. The first-order chi connectivity index (χ1) is 45.9. The molecule has 0 radical (unpaired) electrons. The molecule has 0 bridgehead atoms. The molecule has 93 heavy (non-hydrogen) atoms. The van der Waals surface area contributed by atoms with E-state index in [1.807, 2.05) is 0 Å². The molecule has 0 aliphatic rings. The van der Waals surface area contributed by atoms with E-state index < -0.39 is 0 Å². The second-order valence-electron chi connectivity index (χ2n) is 27.1. The molecule has 0 saturated heterocycles. The average Bonchev–Trinajstić information content (AvgIpc) is 0.776. The zero-order valence-corrected chi connectivity index (χ0v) is 59.6. The summed E-state index contributed by atoms with van der Waals surface area (Å²) in [7, 11) is 0. The Balaban J connectivity index is 1.47. The zero-order chi connectivity index (χ0) is 65.2. The van der Waals surface area contributed by atoms with Crippen LogP contribution in [0.2, 0.25) is 0 Å². The number of aryl methyl sites for hydroxylation is 6. The van der Waals surface area contributed by atoms with Gasteiger partial charge in [0.25, 0.3) is 0 Å². The predicted molar refractivity (Wildman–Crippen MR) is 404 cm³/mol. The number of aromatic nitrogens is 4. The van der Waals surface area contributed by atoms with Crippen LogP contribution in [0.15, 0.2) is 140 Å². The molecule has 0 amide bonds. The van der Waals surface area contributed by atoms with E-state index >= 15 is 0 Å². The molecular formula is C86H125N7. The molecule has 0 N–H and O–H groups in total. The molecule has 0 unspecified atom stereocenters. The van der Waals surface area contributed by atoms with Gasteiger partial charge in [-0.05, 0) is 167 Å². The fourth-order valence-corrected chi connectivity index (χ4v) is 13.4. The zero-order valence-electron chi connectivity index (χ0n) is 59.6. The number of anilines is 9. The lowest BCUT2D eigenvalue weighted by Crippen LogP contribution is -2.20. The molecule has 0 aliphatic carbocycles. The quantitative estimate of drug-likeness (QED) is 0.0352. The first-order valence-corrected chi connectivity index (χ1v) is 38.5. The van der Waals surface area contributed by atoms with Gasteiger partial charge in [-0.1, -0.05) is 289 Å². The van der Waals surface area contributed by atoms with Crippen molar-refractivity contribution in [1.82, 2.24) is 19.9 Å². The van der Waals surface area contributed by atoms with Crippen LogP contribution in [0.3, 0.4) is 0 Å². The minimum atomic E-state index is 0.802. The molecule has 7 heteroatoms. The van der Waals surface area contributed by atoms with Crippen molar-refractivity contribution in [2.75, 3.05) is 14.7 Å². The maximum Gasteiger partial charge on any atom is 0.143 e. The molecule has 7 nitrogen and oxygen atoms in total. The van der Waals surface area contributed by atoms with E-state index in [9.17, 15) is 0 Å². The van der Waals surface area contributed by atoms with Gasteiger partial charge in [0, 0.05) is 46.3 Å². The summed E-state index contributed by atoms with van der Waals surface area (Å²) < 4.78 is 0. The lowest BCUT2D eigenvalue weighted by atomic mass is 10.0. The molecule has 4 heterocycles. The van der Waals surface area contributed by atoms with Gasteiger partial charge in [0.05, 0.1) is 5.69 Å². The third kappa shape index (κ3) is 26.8. The van der Waals surface area contributed by atoms with Gasteiger partial charge in [-0.15, -0.1) is 0 Å². The van der Waals surface area contributed by atoms with Crippen molar-refractivity contribution in [3.63, 3.8) is 0 Å². The van der Waals surface area contributed by atoms with Crippen LogP contribution in [0.25, 0.3) is 0 Å². The number of benzene rings is 3. The molecule has 0 spiro atoms. The van der Waals surface area contributed by atoms with E-state index in [4.69, 9.17) is 19.9 Å². The standard InChI is InChI=1S/C86H125N7/c1-7-13-19-25-31-37-49-72-52-43-61-78(67-72)91(82-64-46-58-75(87-82)55-40-34-28-22-16-10-4)81-70-85(92(79-62-44-53-73(68-79)50-38-32-26-20-14-8-2)83-65-47-59-76(88-83)56-41-35-29-23-17-11-5)90-86(71-81)93(80-63-45-54-74(69-80)51-39-33-27-21-15-9-3)84-66-48-60-77(89-84)57-42-36-30-24-18-12-6/h43-48,52-54,58-71H,7-42,49-51,55-57H2,1-6H3.